The van der Waals surface area contributed by atoms with Crippen molar-refractivity contribution < 1.29 is 0 Å². The maximum atomic E-state index is 4.28. The van der Waals surface area contributed by atoms with E-state index in [1.165, 1.54) is 38.3 Å². The van der Waals surface area contributed by atoms with Crippen molar-refractivity contribution in [2.75, 3.05) is 52.9 Å². The summed E-state index contributed by atoms with van der Waals surface area (Å²) in [5, 5.41) is 6.75. The van der Waals surface area contributed by atoms with E-state index in [9.17, 15) is 0 Å². The van der Waals surface area contributed by atoms with E-state index in [0.29, 0.717) is 0 Å². The predicted molar refractivity (Wildman–Crippen MR) is 93.2 cm³/mol. The summed E-state index contributed by atoms with van der Waals surface area (Å²) in [7, 11) is 1.82. The van der Waals surface area contributed by atoms with Crippen molar-refractivity contribution in [1.82, 2.24) is 20.4 Å². The van der Waals surface area contributed by atoms with Gasteiger partial charge in [0.1, 0.15) is 0 Å². The number of guanidine groups is 1. The third-order valence-corrected chi connectivity index (χ3v) is 4.16. The summed E-state index contributed by atoms with van der Waals surface area (Å²) in [5.74, 6) is 0.871. The van der Waals surface area contributed by atoms with Crippen molar-refractivity contribution in [3.05, 3.63) is 35.9 Å². The zero-order chi connectivity index (χ0) is 15.6. The largest absolute Gasteiger partial charge is 0.355 e. The van der Waals surface area contributed by atoms with Gasteiger partial charge in [0.05, 0.1) is 0 Å². The first-order valence-corrected chi connectivity index (χ1v) is 8.25. The van der Waals surface area contributed by atoms with Crippen LogP contribution in [-0.4, -0.2) is 68.6 Å². The third-order valence-electron chi connectivity index (χ3n) is 4.16. The molecule has 0 spiro atoms. The third kappa shape index (κ3) is 5.66. The summed E-state index contributed by atoms with van der Waals surface area (Å²) in [5.41, 5.74) is 1.26. The number of hydrogen-bond donors (Lipinski definition) is 2. The molecule has 0 saturated carbocycles. The van der Waals surface area contributed by atoms with Crippen LogP contribution in [0.1, 0.15) is 12.5 Å². The average molecular weight is 303 g/mol. The molecule has 1 aromatic carbocycles. The highest BCUT2D eigenvalue weighted by Crippen LogP contribution is 2.00. The number of benzene rings is 1. The summed E-state index contributed by atoms with van der Waals surface area (Å²) in [6.45, 7) is 10.9. The highest BCUT2D eigenvalue weighted by Gasteiger charge is 2.14. The van der Waals surface area contributed by atoms with Crippen LogP contribution >= 0.6 is 0 Å². The number of aliphatic imine (C=N–C) groups is 1. The molecule has 0 aromatic heterocycles. The number of hydrogen-bond acceptors (Lipinski definition) is 3. The molecule has 1 aliphatic rings. The van der Waals surface area contributed by atoms with E-state index in [2.05, 4.69) is 56.6 Å². The van der Waals surface area contributed by atoms with E-state index in [1.54, 1.807) is 0 Å². The van der Waals surface area contributed by atoms with Crippen LogP contribution < -0.4 is 10.6 Å². The molecular weight excluding hydrogens is 274 g/mol. The van der Waals surface area contributed by atoms with Crippen LogP contribution in [0.25, 0.3) is 0 Å². The smallest absolute Gasteiger partial charge is 0.191 e. The minimum absolute atomic E-state index is 0.801. The van der Waals surface area contributed by atoms with E-state index in [-0.39, 0.29) is 0 Å². The summed E-state index contributed by atoms with van der Waals surface area (Å²) in [6, 6.07) is 10.4. The summed E-state index contributed by atoms with van der Waals surface area (Å²) < 4.78 is 0. The first kappa shape index (κ1) is 16.8. The van der Waals surface area contributed by atoms with Gasteiger partial charge in [-0.05, 0) is 12.1 Å². The van der Waals surface area contributed by atoms with Gasteiger partial charge in [-0.2, -0.15) is 0 Å². The Labute approximate surface area is 134 Å². The lowest BCUT2D eigenvalue weighted by Gasteiger charge is -2.34. The quantitative estimate of drug-likeness (QED) is 0.607. The Balaban J connectivity index is 1.62. The van der Waals surface area contributed by atoms with Crippen LogP contribution in [0.2, 0.25) is 0 Å². The summed E-state index contributed by atoms with van der Waals surface area (Å²) in [4.78, 5) is 9.30. The fourth-order valence-corrected chi connectivity index (χ4v) is 2.66. The molecule has 1 aromatic rings. The van der Waals surface area contributed by atoms with Gasteiger partial charge in [-0.1, -0.05) is 37.3 Å². The molecule has 1 saturated heterocycles. The molecule has 5 nitrogen and oxygen atoms in total. The monoisotopic (exact) mass is 303 g/mol. The first-order chi connectivity index (χ1) is 10.8. The minimum atomic E-state index is 0.801. The van der Waals surface area contributed by atoms with E-state index >= 15 is 0 Å². The lowest BCUT2D eigenvalue weighted by atomic mass is 10.2. The average Bonchev–Trinajstić information content (AvgIpc) is 2.59. The summed E-state index contributed by atoms with van der Waals surface area (Å²) >= 11 is 0. The molecule has 0 aliphatic carbocycles. The van der Waals surface area contributed by atoms with Crippen molar-refractivity contribution in [2.45, 2.75) is 13.5 Å². The molecule has 1 fully saturated rings. The van der Waals surface area contributed by atoms with Crippen molar-refractivity contribution in [3.8, 4) is 0 Å². The minimum Gasteiger partial charge on any atom is -0.355 e. The van der Waals surface area contributed by atoms with Gasteiger partial charge < -0.3 is 15.5 Å². The van der Waals surface area contributed by atoms with Crippen LogP contribution in [-0.2, 0) is 6.54 Å². The molecule has 0 amide bonds. The van der Waals surface area contributed by atoms with Gasteiger partial charge in [-0.25, -0.2) is 0 Å². The Kier molecular flexibility index (Phi) is 7.19. The maximum absolute atomic E-state index is 4.28. The molecule has 5 heteroatoms. The molecule has 0 radical (unpaired) electrons. The van der Waals surface area contributed by atoms with Crippen LogP contribution in [0.15, 0.2) is 35.3 Å². The molecule has 2 rings (SSSR count). The second-order valence-electron chi connectivity index (χ2n) is 5.61. The van der Waals surface area contributed by atoms with Gasteiger partial charge >= 0.3 is 0 Å². The zero-order valence-corrected chi connectivity index (χ0v) is 13.9. The van der Waals surface area contributed by atoms with Crippen LogP contribution in [0, 0.1) is 0 Å². The topological polar surface area (TPSA) is 42.9 Å². The molecule has 0 bridgehead atoms. The highest BCUT2D eigenvalue weighted by atomic mass is 15.3. The van der Waals surface area contributed by atoms with Crippen molar-refractivity contribution >= 4 is 5.96 Å². The van der Waals surface area contributed by atoms with Gasteiger partial charge in [0.2, 0.25) is 0 Å². The normalized spacial score (nSPS) is 17.5. The maximum Gasteiger partial charge on any atom is 0.191 e. The number of piperazine rings is 1. The van der Waals surface area contributed by atoms with Crippen LogP contribution in [0.5, 0.6) is 0 Å². The van der Waals surface area contributed by atoms with Crippen LogP contribution in [0.4, 0.5) is 0 Å². The predicted octanol–water partition coefficient (Wildman–Crippen LogP) is 0.989. The number of rotatable bonds is 6. The fourth-order valence-electron chi connectivity index (χ4n) is 2.66. The molecule has 1 aliphatic heterocycles. The second kappa shape index (κ2) is 9.43. The Bertz CT molecular complexity index is 438. The van der Waals surface area contributed by atoms with Crippen molar-refractivity contribution in [3.63, 3.8) is 0 Å². The Hall–Kier alpha value is -1.59. The van der Waals surface area contributed by atoms with E-state index in [4.69, 9.17) is 0 Å². The second-order valence-corrected chi connectivity index (χ2v) is 5.61. The zero-order valence-electron chi connectivity index (χ0n) is 13.9. The van der Waals surface area contributed by atoms with Gasteiger partial charge in [0.15, 0.2) is 5.96 Å². The van der Waals surface area contributed by atoms with Crippen LogP contribution in [0.3, 0.4) is 0 Å². The number of nitrogens with one attached hydrogen (secondary N) is 2. The Morgan fingerprint density at radius 3 is 2.36 bits per heavy atom. The first-order valence-electron chi connectivity index (χ1n) is 8.25. The Morgan fingerprint density at radius 1 is 1.05 bits per heavy atom. The SMILES string of the molecule is CCN1CCN(CCNC(=NC)NCc2ccccc2)CC1. The molecule has 1 heterocycles. The Morgan fingerprint density at radius 2 is 1.73 bits per heavy atom. The molecule has 2 N–H and O–H groups in total. The molecule has 0 atom stereocenters. The van der Waals surface area contributed by atoms with E-state index in [0.717, 1.165) is 25.6 Å². The van der Waals surface area contributed by atoms with Gasteiger partial charge in [0.25, 0.3) is 0 Å². The van der Waals surface area contributed by atoms with Crippen molar-refractivity contribution in [2.24, 2.45) is 4.99 Å². The lowest BCUT2D eigenvalue weighted by Crippen LogP contribution is -2.49. The standard InChI is InChI=1S/C17H29N5/c1-3-21-11-13-22(14-12-21)10-9-19-17(18-2)20-15-16-7-5-4-6-8-16/h4-8H,3,9-15H2,1-2H3,(H2,18,19,20). The molecule has 22 heavy (non-hydrogen) atoms. The number of nitrogens with zero attached hydrogens (tertiary/aromatic N) is 3. The molecule has 122 valence electrons. The van der Waals surface area contributed by atoms with E-state index in [1.807, 2.05) is 13.1 Å². The van der Waals surface area contributed by atoms with Gasteiger partial charge in [-0.3, -0.25) is 9.89 Å². The van der Waals surface area contributed by atoms with E-state index < -0.39 is 0 Å². The highest BCUT2D eigenvalue weighted by molar-refractivity contribution is 5.79. The summed E-state index contributed by atoms with van der Waals surface area (Å²) in [6.07, 6.45) is 0. The molecule has 0 unspecified atom stereocenters. The van der Waals surface area contributed by atoms with Gasteiger partial charge in [0, 0.05) is 52.9 Å². The van der Waals surface area contributed by atoms with Gasteiger partial charge in [-0.15, -0.1) is 0 Å². The number of likely N-dealkylation sites (N-methyl/N-ethyl adjacent to an activating group) is 1. The molecular formula is C17H29N5. The van der Waals surface area contributed by atoms with Crippen molar-refractivity contribution in [1.29, 1.82) is 0 Å². The lowest BCUT2D eigenvalue weighted by molar-refractivity contribution is 0.139. The fraction of sp³-hybridized carbons (Fsp3) is 0.588.